The zero-order valence-corrected chi connectivity index (χ0v) is 14.2. The first-order valence-electron chi connectivity index (χ1n) is 7.34. The van der Waals surface area contributed by atoms with Gasteiger partial charge in [0, 0.05) is 24.7 Å². The van der Waals surface area contributed by atoms with E-state index in [1.54, 1.807) is 23.1 Å². The molecule has 7 nitrogen and oxygen atoms in total. The third-order valence-electron chi connectivity index (χ3n) is 3.59. The molecule has 2 rings (SSSR count). The maximum absolute atomic E-state index is 12.3. The average Bonchev–Trinajstić information content (AvgIpc) is 2.79. The molecule has 1 aromatic rings. The average molecular weight is 339 g/mol. The number of carbonyl (C=O) groups excluding carboxylic acids is 2. The van der Waals surface area contributed by atoms with E-state index in [0.717, 1.165) is 6.26 Å². The maximum atomic E-state index is 12.3. The van der Waals surface area contributed by atoms with Crippen molar-refractivity contribution in [3.63, 3.8) is 0 Å². The number of rotatable bonds is 5. The number of anilines is 2. The first kappa shape index (κ1) is 17.3. The molecule has 0 unspecified atom stereocenters. The highest BCUT2D eigenvalue weighted by molar-refractivity contribution is 7.92. The summed E-state index contributed by atoms with van der Waals surface area (Å²) in [4.78, 5) is 25.8. The summed E-state index contributed by atoms with van der Waals surface area (Å²) >= 11 is 0. The Morgan fingerprint density at radius 2 is 1.96 bits per heavy atom. The largest absolute Gasteiger partial charge is 0.339 e. The Kier molecular flexibility index (Phi) is 4.93. The van der Waals surface area contributed by atoms with E-state index in [4.69, 9.17) is 0 Å². The van der Waals surface area contributed by atoms with E-state index in [9.17, 15) is 18.0 Å². The van der Waals surface area contributed by atoms with Gasteiger partial charge in [-0.2, -0.15) is 0 Å². The van der Waals surface area contributed by atoms with E-state index in [1.165, 1.54) is 6.07 Å². The van der Waals surface area contributed by atoms with Crippen LogP contribution >= 0.6 is 0 Å². The predicted molar refractivity (Wildman–Crippen MR) is 88.5 cm³/mol. The number of likely N-dealkylation sites (tertiary alicyclic amines) is 1. The van der Waals surface area contributed by atoms with Gasteiger partial charge in [0.25, 0.3) is 0 Å². The van der Waals surface area contributed by atoms with Crippen LogP contribution in [0.2, 0.25) is 0 Å². The molecule has 126 valence electrons. The molecule has 1 aromatic carbocycles. The van der Waals surface area contributed by atoms with Crippen LogP contribution in [-0.4, -0.2) is 44.0 Å². The minimum atomic E-state index is -3.38. The summed E-state index contributed by atoms with van der Waals surface area (Å²) in [5.41, 5.74) is 0.857. The van der Waals surface area contributed by atoms with Crippen molar-refractivity contribution in [2.75, 3.05) is 22.8 Å². The first-order chi connectivity index (χ1) is 10.7. The van der Waals surface area contributed by atoms with Crippen LogP contribution in [0.4, 0.5) is 11.4 Å². The number of sulfonamides is 1. The second kappa shape index (κ2) is 6.57. The van der Waals surface area contributed by atoms with Gasteiger partial charge in [-0.15, -0.1) is 0 Å². The van der Waals surface area contributed by atoms with E-state index in [-0.39, 0.29) is 24.3 Å². The highest BCUT2D eigenvalue weighted by Crippen LogP contribution is 2.23. The quantitative estimate of drug-likeness (QED) is 0.844. The van der Waals surface area contributed by atoms with Crippen LogP contribution in [0.3, 0.4) is 0 Å². The number of nitrogens with zero attached hydrogens (tertiary/aromatic N) is 1. The van der Waals surface area contributed by atoms with E-state index in [2.05, 4.69) is 10.0 Å². The smallest absolute Gasteiger partial charge is 0.229 e. The molecule has 1 fully saturated rings. The highest BCUT2D eigenvalue weighted by Gasteiger charge is 2.35. The van der Waals surface area contributed by atoms with Crippen molar-refractivity contribution in [3.8, 4) is 0 Å². The van der Waals surface area contributed by atoms with Gasteiger partial charge in [-0.25, -0.2) is 8.42 Å². The van der Waals surface area contributed by atoms with Gasteiger partial charge in [0.15, 0.2) is 0 Å². The highest BCUT2D eigenvalue weighted by atomic mass is 32.2. The third kappa shape index (κ3) is 4.69. The van der Waals surface area contributed by atoms with Crippen LogP contribution in [0, 0.1) is 5.92 Å². The van der Waals surface area contributed by atoms with Crippen molar-refractivity contribution in [3.05, 3.63) is 24.3 Å². The number of hydrogen-bond acceptors (Lipinski definition) is 4. The van der Waals surface area contributed by atoms with Crippen LogP contribution in [0.25, 0.3) is 0 Å². The van der Waals surface area contributed by atoms with E-state index < -0.39 is 15.9 Å². The SMILES string of the molecule is CC(C)N1C[C@H](C(=O)Nc2cccc(NS(C)(=O)=O)c2)CC1=O. The topological polar surface area (TPSA) is 95.6 Å². The van der Waals surface area contributed by atoms with Crippen LogP contribution in [0.15, 0.2) is 24.3 Å². The summed E-state index contributed by atoms with van der Waals surface area (Å²) in [5.74, 6) is -0.651. The number of carbonyl (C=O) groups is 2. The molecule has 1 aliphatic rings. The standard InChI is InChI=1S/C15H21N3O4S/c1-10(2)18-9-11(7-14(18)19)15(20)16-12-5-4-6-13(8-12)17-23(3,21)22/h4-6,8,10-11,17H,7,9H2,1-3H3,(H,16,20)/t11-/m1/s1. The Balaban J connectivity index is 2.04. The van der Waals surface area contributed by atoms with Crippen molar-refractivity contribution in [1.82, 2.24) is 4.90 Å². The third-order valence-corrected chi connectivity index (χ3v) is 4.19. The molecule has 1 atom stereocenters. The first-order valence-corrected chi connectivity index (χ1v) is 9.23. The van der Waals surface area contributed by atoms with Crippen molar-refractivity contribution < 1.29 is 18.0 Å². The fourth-order valence-corrected chi connectivity index (χ4v) is 3.08. The molecule has 0 aliphatic carbocycles. The van der Waals surface area contributed by atoms with E-state index in [0.29, 0.717) is 17.9 Å². The van der Waals surface area contributed by atoms with Crippen molar-refractivity contribution in [1.29, 1.82) is 0 Å². The lowest BCUT2D eigenvalue weighted by Crippen LogP contribution is -2.33. The number of benzene rings is 1. The van der Waals surface area contributed by atoms with Crippen molar-refractivity contribution in [2.24, 2.45) is 5.92 Å². The fourth-order valence-electron chi connectivity index (χ4n) is 2.53. The van der Waals surface area contributed by atoms with Crippen molar-refractivity contribution >= 4 is 33.2 Å². The molecule has 2 amide bonds. The van der Waals surface area contributed by atoms with Gasteiger partial charge >= 0.3 is 0 Å². The van der Waals surface area contributed by atoms with Crippen LogP contribution in [0.1, 0.15) is 20.3 Å². The molecule has 1 saturated heterocycles. The molecular weight excluding hydrogens is 318 g/mol. The van der Waals surface area contributed by atoms with Gasteiger partial charge in [-0.3, -0.25) is 14.3 Å². The van der Waals surface area contributed by atoms with E-state index >= 15 is 0 Å². The molecule has 1 aliphatic heterocycles. The van der Waals surface area contributed by atoms with Gasteiger partial charge in [-0.05, 0) is 32.0 Å². The van der Waals surface area contributed by atoms with Gasteiger partial charge in [0.05, 0.1) is 17.9 Å². The summed E-state index contributed by atoms with van der Waals surface area (Å²) in [5, 5.41) is 2.74. The lowest BCUT2D eigenvalue weighted by Gasteiger charge is -2.20. The second-order valence-electron chi connectivity index (χ2n) is 5.99. The van der Waals surface area contributed by atoms with Crippen molar-refractivity contribution in [2.45, 2.75) is 26.3 Å². The summed E-state index contributed by atoms with van der Waals surface area (Å²) < 4.78 is 24.8. The Morgan fingerprint density at radius 1 is 1.30 bits per heavy atom. The zero-order valence-electron chi connectivity index (χ0n) is 13.4. The molecule has 0 spiro atoms. The molecule has 0 radical (unpaired) electrons. The summed E-state index contributed by atoms with van der Waals surface area (Å²) in [6.45, 7) is 4.24. The Labute approximate surface area is 136 Å². The molecule has 23 heavy (non-hydrogen) atoms. The number of hydrogen-bond donors (Lipinski definition) is 2. The molecule has 0 bridgehead atoms. The van der Waals surface area contributed by atoms with Crippen LogP contribution in [0.5, 0.6) is 0 Å². The van der Waals surface area contributed by atoms with Gasteiger partial charge < -0.3 is 10.2 Å². The zero-order chi connectivity index (χ0) is 17.2. The molecule has 8 heteroatoms. The molecule has 2 N–H and O–H groups in total. The minimum Gasteiger partial charge on any atom is -0.339 e. The van der Waals surface area contributed by atoms with Crippen LogP contribution in [-0.2, 0) is 19.6 Å². The fraction of sp³-hybridized carbons (Fsp3) is 0.467. The lowest BCUT2D eigenvalue weighted by atomic mass is 10.1. The Bertz CT molecular complexity index is 715. The minimum absolute atomic E-state index is 0.0207. The second-order valence-corrected chi connectivity index (χ2v) is 7.73. The summed E-state index contributed by atoms with van der Waals surface area (Å²) in [6, 6.07) is 6.51. The van der Waals surface area contributed by atoms with Gasteiger partial charge in [0.1, 0.15) is 0 Å². The van der Waals surface area contributed by atoms with Crippen LogP contribution < -0.4 is 10.0 Å². The Hall–Kier alpha value is -2.09. The Morgan fingerprint density at radius 3 is 2.52 bits per heavy atom. The molecular formula is C15H21N3O4S. The maximum Gasteiger partial charge on any atom is 0.229 e. The number of nitrogens with one attached hydrogen (secondary N) is 2. The predicted octanol–water partition coefficient (Wildman–Crippen LogP) is 1.25. The monoisotopic (exact) mass is 339 g/mol. The molecule has 0 aromatic heterocycles. The lowest BCUT2D eigenvalue weighted by molar-refractivity contribution is -0.129. The number of amides is 2. The summed E-state index contributed by atoms with van der Waals surface area (Å²) in [7, 11) is -3.38. The summed E-state index contributed by atoms with van der Waals surface area (Å²) in [6.07, 6.45) is 1.26. The van der Waals surface area contributed by atoms with Gasteiger partial charge in [0.2, 0.25) is 21.8 Å². The van der Waals surface area contributed by atoms with Gasteiger partial charge in [-0.1, -0.05) is 6.07 Å². The molecule has 0 saturated carbocycles. The van der Waals surface area contributed by atoms with E-state index in [1.807, 2.05) is 13.8 Å². The molecule has 1 heterocycles. The normalized spacial score (nSPS) is 18.3.